The third-order valence-corrected chi connectivity index (χ3v) is 3.59. The molecular formula is C12H18O. The second kappa shape index (κ2) is 3.30. The molecule has 0 aromatic rings. The Morgan fingerprint density at radius 1 is 1.46 bits per heavy atom. The van der Waals surface area contributed by atoms with Gasteiger partial charge in [0, 0.05) is 5.92 Å². The van der Waals surface area contributed by atoms with E-state index in [9.17, 15) is 5.11 Å². The van der Waals surface area contributed by atoms with Gasteiger partial charge in [-0.3, -0.25) is 0 Å². The molecule has 1 nitrogen and oxygen atoms in total. The van der Waals surface area contributed by atoms with Gasteiger partial charge in [-0.15, -0.1) is 6.58 Å². The first kappa shape index (κ1) is 9.01. The van der Waals surface area contributed by atoms with Crippen molar-refractivity contribution in [2.45, 2.75) is 37.7 Å². The molecule has 0 radical (unpaired) electrons. The lowest BCUT2D eigenvalue weighted by Gasteiger charge is -2.40. The SMILES string of the molecule is C=C[C@@H]1CC[C@@H]2C=CCC[C@@]1(O)C2. The average Bonchev–Trinajstić information content (AvgIpc) is 2.26. The summed E-state index contributed by atoms with van der Waals surface area (Å²) < 4.78 is 0. The van der Waals surface area contributed by atoms with E-state index in [2.05, 4.69) is 18.7 Å². The summed E-state index contributed by atoms with van der Waals surface area (Å²) in [6.45, 7) is 3.83. The first-order chi connectivity index (χ1) is 6.24. The van der Waals surface area contributed by atoms with Crippen molar-refractivity contribution < 1.29 is 5.11 Å². The first-order valence-electron chi connectivity index (χ1n) is 5.26. The molecule has 0 aliphatic heterocycles. The minimum absolute atomic E-state index is 0.323. The van der Waals surface area contributed by atoms with Crippen LogP contribution in [-0.2, 0) is 0 Å². The molecule has 2 aliphatic carbocycles. The van der Waals surface area contributed by atoms with E-state index >= 15 is 0 Å². The zero-order valence-electron chi connectivity index (χ0n) is 8.08. The molecule has 72 valence electrons. The Morgan fingerprint density at radius 2 is 2.31 bits per heavy atom. The number of hydrogen-bond donors (Lipinski definition) is 1. The summed E-state index contributed by atoms with van der Waals surface area (Å²) in [5.74, 6) is 0.937. The summed E-state index contributed by atoms with van der Waals surface area (Å²) in [6.07, 6.45) is 11.7. The molecule has 0 amide bonds. The molecule has 2 rings (SSSR count). The normalized spacial score (nSPS) is 44.1. The fourth-order valence-corrected chi connectivity index (χ4v) is 2.78. The van der Waals surface area contributed by atoms with Crippen molar-refractivity contribution in [2.75, 3.05) is 0 Å². The van der Waals surface area contributed by atoms with Crippen LogP contribution in [0.2, 0.25) is 0 Å². The molecule has 2 aliphatic rings. The largest absolute Gasteiger partial charge is 0.389 e. The standard InChI is InChI=1S/C12H18O/c1-2-11-7-6-10-5-3-4-8-12(11,13)9-10/h2-3,5,10-11,13H,1,4,6-9H2/t10-,11+,12+/m0/s1. The van der Waals surface area contributed by atoms with Gasteiger partial charge >= 0.3 is 0 Å². The van der Waals surface area contributed by atoms with Gasteiger partial charge in [0.25, 0.3) is 0 Å². The zero-order valence-corrected chi connectivity index (χ0v) is 8.08. The van der Waals surface area contributed by atoms with Crippen LogP contribution in [-0.4, -0.2) is 10.7 Å². The van der Waals surface area contributed by atoms with E-state index in [1.165, 1.54) is 6.42 Å². The van der Waals surface area contributed by atoms with E-state index in [1.54, 1.807) is 0 Å². The number of aliphatic hydroxyl groups is 1. The highest BCUT2D eigenvalue weighted by Gasteiger charge is 2.40. The number of allylic oxidation sites excluding steroid dienone is 2. The molecule has 0 unspecified atom stereocenters. The van der Waals surface area contributed by atoms with Gasteiger partial charge in [0.05, 0.1) is 5.60 Å². The number of fused-ring (bicyclic) bond motifs is 2. The van der Waals surface area contributed by atoms with E-state index in [0.29, 0.717) is 11.8 Å². The fraction of sp³-hybridized carbons (Fsp3) is 0.667. The molecule has 1 N–H and O–H groups in total. The minimum atomic E-state index is -0.450. The van der Waals surface area contributed by atoms with Gasteiger partial charge in [0.15, 0.2) is 0 Å². The predicted molar refractivity (Wildman–Crippen MR) is 54.4 cm³/mol. The van der Waals surface area contributed by atoms with Gasteiger partial charge in [-0.1, -0.05) is 18.2 Å². The van der Waals surface area contributed by atoms with Crippen LogP contribution in [0.1, 0.15) is 32.1 Å². The van der Waals surface area contributed by atoms with Crippen LogP contribution in [0.25, 0.3) is 0 Å². The van der Waals surface area contributed by atoms with Crippen molar-refractivity contribution >= 4 is 0 Å². The second-order valence-corrected chi connectivity index (χ2v) is 4.45. The molecule has 1 fully saturated rings. The molecule has 13 heavy (non-hydrogen) atoms. The van der Waals surface area contributed by atoms with Gasteiger partial charge in [-0.05, 0) is 38.0 Å². The highest BCUT2D eigenvalue weighted by molar-refractivity contribution is 5.07. The lowest BCUT2D eigenvalue weighted by atomic mass is 9.70. The summed E-state index contributed by atoms with van der Waals surface area (Å²) in [5, 5.41) is 10.4. The molecule has 0 aromatic heterocycles. The highest BCUT2D eigenvalue weighted by atomic mass is 16.3. The van der Waals surface area contributed by atoms with E-state index < -0.39 is 5.60 Å². The van der Waals surface area contributed by atoms with E-state index in [0.717, 1.165) is 25.7 Å². The van der Waals surface area contributed by atoms with Crippen LogP contribution in [0, 0.1) is 11.8 Å². The highest BCUT2D eigenvalue weighted by Crippen LogP contribution is 2.42. The van der Waals surface area contributed by atoms with Crippen molar-refractivity contribution in [3.63, 3.8) is 0 Å². The molecule has 0 heterocycles. The Morgan fingerprint density at radius 3 is 3.08 bits per heavy atom. The van der Waals surface area contributed by atoms with Crippen molar-refractivity contribution in [2.24, 2.45) is 11.8 Å². The predicted octanol–water partition coefficient (Wildman–Crippen LogP) is 2.67. The lowest BCUT2D eigenvalue weighted by Crippen LogP contribution is -2.41. The molecule has 0 saturated heterocycles. The first-order valence-corrected chi connectivity index (χ1v) is 5.26. The van der Waals surface area contributed by atoms with Crippen LogP contribution in [0.5, 0.6) is 0 Å². The minimum Gasteiger partial charge on any atom is -0.389 e. The Balaban J connectivity index is 2.20. The molecule has 1 heteroatoms. The van der Waals surface area contributed by atoms with Crippen LogP contribution >= 0.6 is 0 Å². The molecule has 3 atom stereocenters. The quantitative estimate of drug-likeness (QED) is 0.612. The average molecular weight is 178 g/mol. The van der Waals surface area contributed by atoms with Crippen LogP contribution < -0.4 is 0 Å². The van der Waals surface area contributed by atoms with Gasteiger partial charge in [-0.25, -0.2) is 0 Å². The number of hydrogen-bond acceptors (Lipinski definition) is 1. The summed E-state index contributed by atoms with van der Waals surface area (Å²) in [4.78, 5) is 0. The van der Waals surface area contributed by atoms with Crippen LogP contribution in [0.4, 0.5) is 0 Å². The molecule has 0 aromatic carbocycles. The molecule has 2 bridgehead atoms. The van der Waals surface area contributed by atoms with Crippen molar-refractivity contribution in [1.82, 2.24) is 0 Å². The second-order valence-electron chi connectivity index (χ2n) is 4.45. The Bertz CT molecular complexity index is 231. The van der Waals surface area contributed by atoms with Crippen molar-refractivity contribution in [3.8, 4) is 0 Å². The van der Waals surface area contributed by atoms with E-state index in [-0.39, 0.29) is 0 Å². The lowest BCUT2D eigenvalue weighted by molar-refractivity contribution is -0.0448. The van der Waals surface area contributed by atoms with Crippen LogP contribution in [0.3, 0.4) is 0 Å². The van der Waals surface area contributed by atoms with Gasteiger partial charge < -0.3 is 5.11 Å². The van der Waals surface area contributed by atoms with E-state index in [1.807, 2.05) is 6.08 Å². The maximum atomic E-state index is 10.4. The van der Waals surface area contributed by atoms with Gasteiger partial charge in [-0.2, -0.15) is 0 Å². The maximum Gasteiger partial charge on any atom is 0.0718 e. The van der Waals surface area contributed by atoms with Gasteiger partial charge in [0.1, 0.15) is 0 Å². The van der Waals surface area contributed by atoms with Crippen LogP contribution in [0.15, 0.2) is 24.8 Å². The summed E-state index contributed by atoms with van der Waals surface area (Å²) in [5.41, 5.74) is -0.450. The monoisotopic (exact) mass is 178 g/mol. The smallest absolute Gasteiger partial charge is 0.0718 e. The Labute approximate surface area is 80.2 Å². The number of rotatable bonds is 1. The maximum absolute atomic E-state index is 10.4. The zero-order chi connectivity index (χ0) is 9.31. The summed E-state index contributed by atoms with van der Waals surface area (Å²) >= 11 is 0. The summed E-state index contributed by atoms with van der Waals surface area (Å²) in [6, 6.07) is 0. The summed E-state index contributed by atoms with van der Waals surface area (Å²) in [7, 11) is 0. The van der Waals surface area contributed by atoms with Crippen molar-refractivity contribution in [1.29, 1.82) is 0 Å². The molecule has 0 spiro atoms. The Hall–Kier alpha value is -0.560. The van der Waals surface area contributed by atoms with Gasteiger partial charge in [0.2, 0.25) is 0 Å². The van der Waals surface area contributed by atoms with E-state index in [4.69, 9.17) is 0 Å². The topological polar surface area (TPSA) is 20.2 Å². The Kier molecular flexibility index (Phi) is 2.29. The fourth-order valence-electron chi connectivity index (χ4n) is 2.78. The van der Waals surface area contributed by atoms with Crippen molar-refractivity contribution in [3.05, 3.63) is 24.8 Å². The third kappa shape index (κ3) is 1.58. The third-order valence-electron chi connectivity index (χ3n) is 3.59. The molecular weight excluding hydrogens is 160 g/mol. The molecule has 1 saturated carbocycles.